The van der Waals surface area contributed by atoms with Gasteiger partial charge in [0, 0.05) is 18.5 Å². The Labute approximate surface area is 75.8 Å². The molecule has 1 aromatic heterocycles. The van der Waals surface area contributed by atoms with Crippen LogP contribution in [-0.4, -0.2) is 15.8 Å². The van der Waals surface area contributed by atoms with Gasteiger partial charge in [-0.3, -0.25) is 4.68 Å². The van der Waals surface area contributed by atoms with Crippen LogP contribution in [0.3, 0.4) is 0 Å². The van der Waals surface area contributed by atoms with Crippen LogP contribution >= 0.6 is 0 Å². The van der Waals surface area contributed by atoms with Gasteiger partial charge < -0.3 is 5.32 Å². The second-order valence-electron chi connectivity index (χ2n) is 3.09. The van der Waals surface area contributed by atoms with Gasteiger partial charge >= 0.3 is 0 Å². The van der Waals surface area contributed by atoms with Gasteiger partial charge in [-0.05, 0) is 13.0 Å². The number of hydrogen-bond acceptors (Lipinski definition) is 3. The van der Waals surface area contributed by atoms with E-state index in [0.717, 1.165) is 16.3 Å². The number of aryl methyl sites for hydroxylation is 2. The smallest absolute Gasteiger partial charge is 0.135 e. The van der Waals surface area contributed by atoms with Crippen molar-refractivity contribution in [1.29, 1.82) is 5.26 Å². The van der Waals surface area contributed by atoms with Crippen LogP contribution in [-0.2, 0) is 7.05 Å². The zero-order valence-corrected chi connectivity index (χ0v) is 7.57. The highest BCUT2D eigenvalue weighted by atomic mass is 15.3. The fourth-order valence-corrected chi connectivity index (χ4v) is 1.52. The van der Waals surface area contributed by atoms with Crippen LogP contribution in [0.4, 0.5) is 0 Å². The summed E-state index contributed by atoms with van der Waals surface area (Å²) in [7, 11) is 1.88. The standard InChI is InChI=1S/C9H10N4/c1-6-8-5-11-7(4-10)3-9(8)13(2)12-6/h3,5,7,11H,1-2H3. The molecule has 0 aliphatic carbocycles. The lowest BCUT2D eigenvalue weighted by atomic mass is 10.2. The van der Waals surface area contributed by atoms with Crippen molar-refractivity contribution >= 4 is 12.3 Å². The molecule has 4 nitrogen and oxygen atoms in total. The van der Waals surface area contributed by atoms with E-state index in [1.807, 2.05) is 26.2 Å². The van der Waals surface area contributed by atoms with Crippen LogP contribution in [0.15, 0.2) is 0 Å². The lowest BCUT2D eigenvalue weighted by Gasteiger charge is -2.06. The number of rotatable bonds is 0. The Hall–Kier alpha value is -1.76. The first-order chi connectivity index (χ1) is 6.22. The SMILES string of the molecule is Cc1nn(C)c2c1=CNC(C#N)C=2. The molecular weight excluding hydrogens is 164 g/mol. The van der Waals surface area contributed by atoms with Crippen molar-refractivity contribution in [2.45, 2.75) is 13.0 Å². The second kappa shape index (κ2) is 2.63. The van der Waals surface area contributed by atoms with Crippen LogP contribution in [0.2, 0.25) is 0 Å². The van der Waals surface area contributed by atoms with Crippen molar-refractivity contribution in [3.63, 3.8) is 0 Å². The first-order valence-corrected chi connectivity index (χ1v) is 4.09. The van der Waals surface area contributed by atoms with Crippen molar-refractivity contribution in [1.82, 2.24) is 15.1 Å². The van der Waals surface area contributed by atoms with E-state index in [1.54, 1.807) is 4.68 Å². The molecule has 66 valence electrons. The van der Waals surface area contributed by atoms with Crippen molar-refractivity contribution in [3.8, 4) is 6.07 Å². The van der Waals surface area contributed by atoms with Gasteiger partial charge in [0.05, 0.1) is 17.1 Å². The summed E-state index contributed by atoms with van der Waals surface area (Å²) in [4.78, 5) is 0. The predicted octanol–water partition coefficient (Wildman–Crippen LogP) is -1.26. The minimum absolute atomic E-state index is 0.234. The van der Waals surface area contributed by atoms with Crippen molar-refractivity contribution in [2.75, 3.05) is 0 Å². The van der Waals surface area contributed by atoms with E-state index in [2.05, 4.69) is 16.5 Å². The molecule has 1 aromatic rings. The Kier molecular flexibility index (Phi) is 1.59. The molecule has 0 bridgehead atoms. The number of aromatic nitrogens is 2. The summed E-state index contributed by atoms with van der Waals surface area (Å²) in [6.07, 6.45) is 3.74. The summed E-state index contributed by atoms with van der Waals surface area (Å²) >= 11 is 0. The summed E-state index contributed by atoms with van der Waals surface area (Å²) < 4.78 is 1.80. The fourth-order valence-electron chi connectivity index (χ4n) is 1.52. The van der Waals surface area contributed by atoms with E-state index in [0.29, 0.717) is 0 Å². The molecule has 0 aromatic carbocycles. The zero-order chi connectivity index (χ0) is 9.42. The third-order valence-corrected chi connectivity index (χ3v) is 2.19. The molecule has 0 amide bonds. The maximum absolute atomic E-state index is 8.72. The quantitative estimate of drug-likeness (QED) is 0.534. The minimum atomic E-state index is -0.234. The first-order valence-electron chi connectivity index (χ1n) is 4.09. The molecular formula is C9H10N4. The molecule has 1 atom stereocenters. The van der Waals surface area contributed by atoms with E-state index in [1.165, 1.54) is 0 Å². The van der Waals surface area contributed by atoms with Gasteiger partial charge in [-0.2, -0.15) is 10.4 Å². The summed E-state index contributed by atoms with van der Waals surface area (Å²) in [6.45, 7) is 1.96. The number of nitriles is 1. The van der Waals surface area contributed by atoms with Gasteiger partial charge in [0.2, 0.25) is 0 Å². The molecule has 1 aliphatic heterocycles. The topological polar surface area (TPSA) is 53.6 Å². The molecule has 0 spiro atoms. The van der Waals surface area contributed by atoms with Crippen LogP contribution in [0, 0.1) is 18.3 Å². The molecule has 4 heteroatoms. The number of hydrogen-bond donors (Lipinski definition) is 1. The number of nitrogens with one attached hydrogen (secondary N) is 1. The molecule has 0 fully saturated rings. The second-order valence-corrected chi connectivity index (χ2v) is 3.09. The molecule has 2 heterocycles. The van der Waals surface area contributed by atoms with E-state index in [4.69, 9.17) is 5.26 Å². The minimum Gasteiger partial charge on any atom is -0.372 e. The first kappa shape index (κ1) is 7.87. The van der Waals surface area contributed by atoms with Crippen LogP contribution in [0.1, 0.15) is 5.69 Å². The third-order valence-electron chi connectivity index (χ3n) is 2.19. The molecule has 13 heavy (non-hydrogen) atoms. The Bertz CT molecular complexity index is 489. The van der Waals surface area contributed by atoms with E-state index < -0.39 is 0 Å². The van der Waals surface area contributed by atoms with Crippen molar-refractivity contribution < 1.29 is 0 Å². The number of fused-ring (bicyclic) bond motifs is 1. The Morgan fingerprint density at radius 2 is 2.46 bits per heavy atom. The Balaban J connectivity index is 2.75. The van der Waals surface area contributed by atoms with Gasteiger partial charge in [0.25, 0.3) is 0 Å². The maximum atomic E-state index is 8.72. The largest absolute Gasteiger partial charge is 0.372 e. The highest BCUT2D eigenvalue weighted by molar-refractivity contribution is 5.44. The fraction of sp³-hybridized carbons (Fsp3) is 0.333. The van der Waals surface area contributed by atoms with Gasteiger partial charge in [-0.15, -0.1) is 0 Å². The summed E-state index contributed by atoms with van der Waals surface area (Å²) in [5.74, 6) is 0. The molecule has 2 rings (SSSR count). The average Bonchev–Trinajstić information content (AvgIpc) is 2.42. The van der Waals surface area contributed by atoms with E-state index in [-0.39, 0.29) is 6.04 Å². The van der Waals surface area contributed by atoms with Crippen molar-refractivity contribution in [2.24, 2.45) is 7.05 Å². The normalized spacial score (nSPS) is 19.0. The lowest BCUT2D eigenvalue weighted by Crippen LogP contribution is -2.40. The highest BCUT2D eigenvalue weighted by Crippen LogP contribution is 1.88. The summed E-state index contributed by atoms with van der Waals surface area (Å²) in [5, 5.41) is 18.1. The maximum Gasteiger partial charge on any atom is 0.135 e. The van der Waals surface area contributed by atoms with Gasteiger partial charge in [-0.25, -0.2) is 0 Å². The Morgan fingerprint density at radius 3 is 3.15 bits per heavy atom. The molecule has 1 N–H and O–H groups in total. The van der Waals surface area contributed by atoms with Crippen LogP contribution < -0.4 is 15.9 Å². The molecule has 1 unspecified atom stereocenters. The van der Waals surface area contributed by atoms with Crippen LogP contribution in [0.5, 0.6) is 0 Å². The predicted molar refractivity (Wildman–Crippen MR) is 48.7 cm³/mol. The summed E-state index contributed by atoms with van der Waals surface area (Å²) in [6, 6.07) is 1.91. The molecule has 0 saturated carbocycles. The summed E-state index contributed by atoms with van der Waals surface area (Å²) in [5.41, 5.74) is 0.984. The Morgan fingerprint density at radius 1 is 1.69 bits per heavy atom. The average molecular weight is 174 g/mol. The number of nitrogens with zero attached hydrogens (tertiary/aromatic N) is 3. The third kappa shape index (κ3) is 1.09. The molecule has 0 radical (unpaired) electrons. The van der Waals surface area contributed by atoms with E-state index >= 15 is 0 Å². The van der Waals surface area contributed by atoms with Crippen molar-refractivity contribution in [3.05, 3.63) is 16.3 Å². The van der Waals surface area contributed by atoms with Gasteiger partial charge in [0.1, 0.15) is 6.04 Å². The monoisotopic (exact) mass is 174 g/mol. The lowest BCUT2D eigenvalue weighted by molar-refractivity contribution is 0.728. The zero-order valence-electron chi connectivity index (χ0n) is 7.57. The molecule has 0 saturated heterocycles. The van der Waals surface area contributed by atoms with E-state index in [9.17, 15) is 0 Å². The van der Waals surface area contributed by atoms with Gasteiger partial charge in [-0.1, -0.05) is 0 Å². The van der Waals surface area contributed by atoms with Gasteiger partial charge in [0.15, 0.2) is 0 Å². The molecule has 1 aliphatic rings. The highest BCUT2D eigenvalue weighted by Gasteiger charge is 2.08. The van der Waals surface area contributed by atoms with Crippen LogP contribution in [0.25, 0.3) is 12.3 Å².